The zero-order valence-electron chi connectivity index (χ0n) is 17.1. The van der Waals surface area contributed by atoms with Crippen molar-refractivity contribution in [2.45, 2.75) is 32.1 Å². The number of carbonyl (C=O) groups is 1. The van der Waals surface area contributed by atoms with Crippen LogP contribution in [-0.4, -0.2) is 35.2 Å². The van der Waals surface area contributed by atoms with Gasteiger partial charge in [0.05, 0.1) is 15.6 Å². The lowest BCUT2D eigenvalue weighted by atomic mass is 10.1. The maximum atomic E-state index is 12.6. The molecule has 1 amide bonds. The molecule has 0 saturated heterocycles. The predicted octanol–water partition coefficient (Wildman–Crippen LogP) is 3.64. The third kappa shape index (κ3) is 5.30. The molecular formula is C20H20N4O5S2. The summed E-state index contributed by atoms with van der Waals surface area (Å²) in [6, 6.07) is 9.19. The van der Waals surface area contributed by atoms with Crippen molar-refractivity contribution in [3.8, 4) is 0 Å². The summed E-state index contributed by atoms with van der Waals surface area (Å²) in [5.74, 6) is -0.698. The number of anilines is 1. The van der Waals surface area contributed by atoms with E-state index in [1.54, 1.807) is 25.1 Å². The molecule has 9 nitrogen and oxygen atoms in total. The van der Waals surface area contributed by atoms with Crippen molar-refractivity contribution in [3.63, 3.8) is 0 Å². The number of nitrogens with one attached hydrogen (secondary N) is 1. The molecule has 1 aromatic heterocycles. The number of aryl methyl sites for hydroxylation is 4. The van der Waals surface area contributed by atoms with E-state index in [2.05, 4.69) is 15.5 Å². The number of sulfone groups is 1. The Bertz CT molecular complexity index is 1270. The zero-order valence-corrected chi connectivity index (χ0v) is 18.7. The van der Waals surface area contributed by atoms with E-state index in [-0.39, 0.29) is 33.5 Å². The maximum absolute atomic E-state index is 12.6. The lowest BCUT2D eigenvalue weighted by molar-refractivity contribution is -0.385. The van der Waals surface area contributed by atoms with Gasteiger partial charge < -0.3 is 0 Å². The van der Waals surface area contributed by atoms with Gasteiger partial charge in [0.25, 0.3) is 11.6 Å². The van der Waals surface area contributed by atoms with Crippen LogP contribution in [0.25, 0.3) is 0 Å². The SMILES string of the molecule is Cc1ccc(S(=O)(=O)CCc2nnc(NC(=O)c3ccc(C)c([N+](=O)[O-])c3)s2)cc1C. The average Bonchev–Trinajstić information content (AvgIpc) is 3.16. The first-order valence-corrected chi connectivity index (χ1v) is 11.7. The van der Waals surface area contributed by atoms with Crippen LogP contribution in [0.3, 0.4) is 0 Å². The molecule has 3 rings (SSSR count). The van der Waals surface area contributed by atoms with E-state index in [4.69, 9.17) is 0 Å². The average molecular weight is 461 g/mol. The number of amides is 1. The Balaban J connectivity index is 1.66. The second-order valence-corrected chi connectivity index (χ2v) is 10.2. The van der Waals surface area contributed by atoms with Crippen LogP contribution in [0.15, 0.2) is 41.3 Å². The molecule has 0 radical (unpaired) electrons. The second-order valence-electron chi connectivity index (χ2n) is 7.03. The standard InChI is InChI=1S/C20H20N4O5S2/c1-12-5-7-16(10-14(12)3)31(28,29)9-8-18-22-23-20(30-18)21-19(25)15-6-4-13(2)17(11-15)24(26)27/h4-7,10-11H,8-9H2,1-3H3,(H,21,23,25). The Kier molecular flexibility index (Phi) is 6.46. The molecule has 0 bridgehead atoms. The van der Waals surface area contributed by atoms with E-state index in [1.807, 2.05) is 13.8 Å². The van der Waals surface area contributed by atoms with Crippen molar-refractivity contribution >= 4 is 37.9 Å². The zero-order chi connectivity index (χ0) is 22.8. The summed E-state index contributed by atoms with van der Waals surface area (Å²) in [7, 11) is -3.48. The summed E-state index contributed by atoms with van der Waals surface area (Å²) in [5.41, 5.74) is 2.33. The molecule has 2 aromatic carbocycles. The fourth-order valence-corrected chi connectivity index (χ4v) is 4.96. The first kappa shape index (κ1) is 22.5. The molecule has 3 aromatic rings. The van der Waals surface area contributed by atoms with Gasteiger partial charge in [0.15, 0.2) is 9.84 Å². The van der Waals surface area contributed by atoms with Crippen LogP contribution in [0.4, 0.5) is 10.8 Å². The van der Waals surface area contributed by atoms with Crippen LogP contribution >= 0.6 is 11.3 Å². The van der Waals surface area contributed by atoms with E-state index in [0.29, 0.717) is 10.6 Å². The molecule has 0 fully saturated rings. The molecule has 1 heterocycles. The van der Waals surface area contributed by atoms with Gasteiger partial charge in [-0.25, -0.2) is 8.42 Å². The molecule has 0 aliphatic carbocycles. The van der Waals surface area contributed by atoms with Gasteiger partial charge in [-0.05, 0) is 50.1 Å². The van der Waals surface area contributed by atoms with E-state index >= 15 is 0 Å². The summed E-state index contributed by atoms with van der Waals surface area (Å²) in [4.78, 5) is 23.1. The molecule has 0 saturated carbocycles. The predicted molar refractivity (Wildman–Crippen MR) is 117 cm³/mol. The summed E-state index contributed by atoms with van der Waals surface area (Å²) in [5, 5.41) is 22.0. The van der Waals surface area contributed by atoms with Crippen molar-refractivity contribution in [2.75, 3.05) is 11.1 Å². The highest BCUT2D eigenvalue weighted by Gasteiger charge is 2.19. The summed E-state index contributed by atoms with van der Waals surface area (Å²) < 4.78 is 25.2. The van der Waals surface area contributed by atoms with Crippen molar-refractivity contribution in [1.82, 2.24) is 10.2 Å². The first-order valence-electron chi connectivity index (χ1n) is 9.25. The van der Waals surface area contributed by atoms with Crippen LogP contribution in [0.1, 0.15) is 32.1 Å². The molecular weight excluding hydrogens is 440 g/mol. The Morgan fingerprint density at radius 2 is 1.77 bits per heavy atom. The number of nitrogens with zero attached hydrogens (tertiary/aromatic N) is 3. The van der Waals surface area contributed by atoms with Gasteiger partial charge in [0.2, 0.25) is 5.13 Å². The maximum Gasteiger partial charge on any atom is 0.273 e. The molecule has 162 valence electrons. The van der Waals surface area contributed by atoms with E-state index < -0.39 is 20.7 Å². The first-order chi connectivity index (χ1) is 14.6. The fourth-order valence-electron chi connectivity index (χ4n) is 2.77. The smallest absolute Gasteiger partial charge is 0.273 e. The lowest BCUT2D eigenvalue weighted by Gasteiger charge is -2.06. The van der Waals surface area contributed by atoms with Crippen molar-refractivity contribution in [2.24, 2.45) is 0 Å². The Morgan fingerprint density at radius 3 is 2.45 bits per heavy atom. The number of aromatic nitrogens is 2. The highest BCUT2D eigenvalue weighted by atomic mass is 32.2. The van der Waals surface area contributed by atoms with Crippen LogP contribution in [-0.2, 0) is 16.3 Å². The van der Waals surface area contributed by atoms with Gasteiger partial charge >= 0.3 is 0 Å². The van der Waals surface area contributed by atoms with Crippen LogP contribution in [0.2, 0.25) is 0 Å². The Morgan fingerprint density at radius 1 is 1.06 bits per heavy atom. The lowest BCUT2D eigenvalue weighted by Crippen LogP contribution is -2.12. The minimum Gasteiger partial charge on any atom is -0.296 e. The van der Waals surface area contributed by atoms with Crippen molar-refractivity contribution < 1.29 is 18.1 Å². The topological polar surface area (TPSA) is 132 Å². The van der Waals surface area contributed by atoms with Gasteiger partial charge in [0.1, 0.15) is 5.01 Å². The molecule has 1 N–H and O–H groups in total. The molecule has 0 spiro atoms. The molecule has 0 unspecified atom stereocenters. The van der Waals surface area contributed by atoms with Gasteiger partial charge in [-0.1, -0.05) is 23.5 Å². The normalized spacial score (nSPS) is 11.3. The Labute approximate surface area is 183 Å². The van der Waals surface area contributed by atoms with E-state index in [9.17, 15) is 23.3 Å². The third-order valence-corrected chi connectivity index (χ3v) is 7.39. The van der Waals surface area contributed by atoms with Crippen molar-refractivity contribution in [1.29, 1.82) is 0 Å². The summed E-state index contributed by atoms with van der Waals surface area (Å²) in [6.45, 7) is 5.36. The number of nitro benzene ring substituents is 1. The van der Waals surface area contributed by atoms with Gasteiger partial charge in [0, 0.05) is 23.6 Å². The molecule has 0 atom stereocenters. The van der Waals surface area contributed by atoms with Gasteiger partial charge in [-0.2, -0.15) is 0 Å². The van der Waals surface area contributed by atoms with E-state index in [1.165, 1.54) is 18.2 Å². The number of carbonyl (C=O) groups excluding carboxylic acids is 1. The Hall–Kier alpha value is -3.18. The molecule has 0 aliphatic rings. The second kappa shape index (κ2) is 8.90. The van der Waals surface area contributed by atoms with Crippen LogP contribution in [0, 0.1) is 30.9 Å². The number of hydrogen-bond donors (Lipinski definition) is 1. The van der Waals surface area contributed by atoms with E-state index in [0.717, 1.165) is 22.5 Å². The highest BCUT2D eigenvalue weighted by Crippen LogP contribution is 2.22. The van der Waals surface area contributed by atoms with Crippen molar-refractivity contribution in [3.05, 3.63) is 73.8 Å². The number of rotatable bonds is 7. The minimum atomic E-state index is -3.48. The van der Waals surface area contributed by atoms with Gasteiger partial charge in [-0.3, -0.25) is 20.2 Å². The molecule has 11 heteroatoms. The largest absolute Gasteiger partial charge is 0.296 e. The summed E-state index contributed by atoms with van der Waals surface area (Å²) >= 11 is 1.06. The van der Waals surface area contributed by atoms with Gasteiger partial charge in [-0.15, -0.1) is 10.2 Å². The summed E-state index contributed by atoms with van der Waals surface area (Å²) in [6.07, 6.45) is 0.152. The third-order valence-electron chi connectivity index (χ3n) is 4.78. The van der Waals surface area contributed by atoms with Crippen LogP contribution in [0.5, 0.6) is 0 Å². The number of benzene rings is 2. The fraction of sp³-hybridized carbons (Fsp3) is 0.250. The number of nitro groups is 1. The number of hydrogen-bond acceptors (Lipinski definition) is 8. The van der Waals surface area contributed by atoms with Crippen LogP contribution < -0.4 is 5.32 Å². The highest BCUT2D eigenvalue weighted by molar-refractivity contribution is 7.91. The monoisotopic (exact) mass is 460 g/mol. The molecule has 31 heavy (non-hydrogen) atoms. The quantitative estimate of drug-likeness (QED) is 0.420. The minimum absolute atomic E-state index is 0.117. The molecule has 0 aliphatic heterocycles.